The van der Waals surface area contributed by atoms with Gasteiger partial charge in [-0.2, -0.15) is 0 Å². The fraction of sp³-hybridized carbons (Fsp3) is 0.400. The van der Waals surface area contributed by atoms with Crippen LogP contribution in [0, 0.1) is 11.8 Å². The predicted octanol–water partition coefficient (Wildman–Crippen LogP) is 2.25. The van der Waals surface area contributed by atoms with Crippen LogP contribution in [0.4, 0.5) is 5.69 Å². The first-order chi connectivity index (χ1) is 9.81. The van der Waals surface area contributed by atoms with Gasteiger partial charge in [-0.1, -0.05) is 24.3 Å². The molecule has 0 spiro atoms. The quantitative estimate of drug-likeness (QED) is 0.867. The van der Waals surface area contributed by atoms with Crippen molar-refractivity contribution in [2.45, 2.75) is 18.9 Å². The molecule has 0 bridgehead atoms. The molecule has 20 heavy (non-hydrogen) atoms. The average molecular weight is 267 g/mol. The molecule has 1 aromatic carbocycles. The first-order valence-electron chi connectivity index (χ1n) is 7.07. The molecule has 2 aromatic rings. The molecule has 2 aliphatic carbocycles. The molecule has 2 aliphatic rings. The van der Waals surface area contributed by atoms with Crippen LogP contribution < -0.4 is 5.32 Å². The monoisotopic (exact) mass is 267 g/mol. The number of nitrogens with zero attached hydrogens (tertiary/aromatic N) is 4. The summed E-state index contributed by atoms with van der Waals surface area (Å²) in [7, 11) is 1.86. The Morgan fingerprint density at radius 2 is 2.30 bits per heavy atom. The summed E-state index contributed by atoms with van der Waals surface area (Å²) in [6.07, 6.45) is 7.21. The maximum Gasteiger partial charge on any atom is 0.181 e. The summed E-state index contributed by atoms with van der Waals surface area (Å²) in [5, 5.41) is 15.3. The SMILES string of the molecule is Cn1nnnc1-c1cccc(NC2CC3CC=CC32)c1. The van der Waals surface area contributed by atoms with E-state index in [4.69, 9.17) is 0 Å². The summed E-state index contributed by atoms with van der Waals surface area (Å²) in [4.78, 5) is 0. The Bertz CT molecular complexity index is 660. The third-order valence-electron chi connectivity index (χ3n) is 4.46. The third-order valence-corrected chi connectivity index (χ3v) is 4.46. The zero-order valence-electron chi connectivity index (χ0n) is 11.4. The van der Waals surface area contributed by atoms with Crippen molar-refractivity contribution in [1.82, 2.24) is 20.2 Å². The van der Waals surface area contributed by atoms with Gasteiger partial charge in [0.15, 0.2) is 5.82 Å². The predicted molar refractivity (Wildman–Crippen MR) is 77.0 cm³/mol. The molecular weight excluding hydrogens is 250 g/mol. The number of benzene rings is 1. The lowest BCUT2D eigenvalue weighted by atomic mass is 9.71. The van der Waals surface area contributed by atoms with Crippen LogP contribution in [-0.2, 0) is 7.05 Å². The zero-order chi connectivity index (χ0) is 13.5. The van der Waals surface area contributed by atoms with Crippen LogP contribution in [0.3, 0.4) is 0 Å². The van der Waals surface area contributed by atoms with Crippen molar-refractivity contribution < 1.29 is 0 Å². The molecule has 3 unspecified atom stereocenters. The second-order valence-corrected chi connectivity index (χ2v) is 5.69. The summed E-state index contributed by atoms with van der Waals surface area (Å²) in [6, 6.07) is 8.89. The third kappa shape index (κ3) is 1.81. The van der Waals surface area contributed by atoms with Crippen LogP contribution in [0.25, 0.3) is 11.4 Å². The van der Waals surface area contributed by atoms with Crippen LogP contribution in [0.1, 0.15) is 12.8 Å². The van der Waals surface area contributed by atoms with E-state index in [1.54, 1.807) is 4.68 Å². The number of hydrogen-bond acceptors (Lipinski definition) is 4. The minimum absolute atomic E-state index is 0.576. The summed E-state index contributed by atoms with van der Waals surface area (Å²) >= 11 is 0. The maximum absolute atomic E-state index is 4.06. The Labute approximate surface area is 117 Å². The van der Waals surface area contributed by atoms with E-state index in [2.05, 4.69) is 45.1 Å². The van der Waals surface area contributed by atoms with E-state index in [-0.39, 0.29) is 0 Å². The Morgan fingerprint density at radius 3 is 3.10 bits per heavy atom. The number of tetrazole rings is 1. The first kappa shape index (κ1) is 11.6. The van der Waals surface area contributed by atoms with Crippen molar-refractivity contribution in [2.24, 2.45) is 18.9 Å². The number of rotatable bonds is 3. The first-order valence-corrected chi connectivity index (χ1v) is 7.07. The van der Waals surface area contributed by atoms with Crippen LogP contribution in [0.5, 0.6) is 0 Å². The Hall–Kier alpha value is -2.17. The summed E-state index contributed by atoms with van der Waals surface area (Å²) in [5.74, 6) is 2.38. The number of aromatic nitrogens is 4. The second kappa shape index (κ2) is 4.44. The Morgan fingerprint density at radius 1 is 1.35 bits per heavy atom. The highest BCUT2D eigenvalue weighted by atomic mass is 15.5. The number of nitrogens with one attached hydrogen (secondary N) is 1. The van der Waals surface area contributed by atoms with Crippen molar-refractivity contribution in [2.75, 3.05) is 5.32 Å². The molecular formula is C15H17N5. The van der Waals surface area contributed by atoms with Gasteiger partial charge in [0.25, 0.3) is 0 Å². The molecule has 1 saturated carbocycles. The van der Waals surface area contributed by atoms with Gasteiger partial charge in [0.05, 0.1) is 0 Å². The summed E-state index contributed by atoms with van der Waals surface area (Å²) in [6.45, 7) is 0. The van der Waals surface area contributed by atoms with Gasteiger partial charge < -0.3 is 5.32 Å². The largest absolute Gasteiger partial charge is 0.382 e. The van der Waals surface area contributed by atoms with Gasteiger partial charge in [-0.05, 0) is 41.3 Å². The van der Waals surface area contributed by atoms with Gasteiger partial charge >= 0.3 is 0 Å². The molecule has 5 heteroatoms. The number of fused-ring (bicyclic) bond motifs is 1. The topological polar surface area (TPSA) is 55.6 Å². The van der Waals surface area contributed by atoms with E-state index in [0.717, 1.165) is 28.9 Å². The van der Waals surface area contributed by atoms with Gasteiger partial charge in [-0.3, -0.25) is 0 Å². The number of anilines is 1. The van der Waals surface area contributed by atoms with Crippen molar-refractivity contribution in [1.29, 1.82) is 0 Å². The van der Waals surface area contributed by atoms with Gasteiger partial charge in [-0.15, -0.1) is 5.10 Å². The van der Waals surface area contributed by atoms with E-state index in [0.29, 0.717) is 6.04 Å². The lowest BCUT2D eigenvalue weighted by Gasteiger charge is -2.41. The van der Waals surface area contributed by atoms with E-state index in [1.165, 1.54) is 12.8 Å². The highest BCUT2D eigenvalue weighted by Crippen LogP contribution is 2.44. The van der Waals surface area contributed by atoms with E-state index in [1.807, 2.05) is 19.2 Å². The minimum Gasteiger partial charge on any atom is -0.382 e. The standard InChI is InChI=1S/C15H17N5/c1-20-15(17-18-19-20)11-5-2-6-12(8-11)16-14-9-10-4-3-7-13(10)14/h2-3,5-8,10,13-14,16H,4,9H2,1H3. The molecule has 0 amide bonds. The number of allylic oxidation sites excluding steroid dienone is 1. The highest BCUT2D eigenvalue weighted by molar-refractivity contribution is 5.62. The van der Waals surface area contributed by atoms with Gasteiger partial charge in [0.2, 0.25) is 0 Å². The molecule has 1 N–H and O–H groups in total. The normalized spacial score (nSPS) is 27.1. The second-order valence-electron chi connectivity index (χ2n) is 5.69. The molecule has 0 radical (unpaired) electrons. The lowest BCUT2D eigenvalue weighted by molar-refractivity contribution is 0.218. The molecule has 1 fully saturated rings. The number of hydrogen-bond donors (Lipinski definition) is 1. The molecule has 0 aliphatic heterocycles. The number of aryl methyl sites for hydroxylation is 1. The smallest absolute Gasteiger partial charge is 0.181 e. The van der Waals surface area contributed by atoms with E-state index >= 15 is 0 Å². The van der Waals surface area contributed by atoms with Crippen LogP contribution >= 0.6 is 0 Å². The highest BCUT2D eigenvalue weighted by Gasteiger charge is 2.40. The van der Waals surface area contributed by atoms with Crippen molar-refractivity contribution in [3.8, 4) is 11.4 Å². The van der Waals surface area contributed by atoms with Gasteiger partial charge in [-0.25, -0.2) is 4.68 Å². The molecule has 0 saturated heterocycles. The fourth-order valence-corrected chi connectivity index (χ4v) is 3.32. The zero-order valence-corrected chi connectivity index (χ0v) is 11.4. The Kier molecular flexibility index (Phi) is 2.58. The minimum atomic E-state index is 0.576. The molecule has 5 nitrogen and oxygen atoms in total. The molecule has 1 heterocycles. The van der Waals surface area contributed by atoms with Gasteiger partial charge in [0, 0.05) is 30.3 Å². The van der Waals surface area contributed by atoms with Gasteiger partial charge in [0.1, 0.15) is 0 Å². The molecule has 3 atom stereocenters. The molecule has 4 rings (SSSR count). The average Bonchev–Trinajstić information content (AvgIpc) is 3.02. The molecule has 102 valence electrons. The lowest BCUT2D eigenvalue weighted by Crippen LogP contribution is -2.43. The summed E-state index contributed by atoms with van der Waals surface area (Å²) < 4.78 is 1.69. The van der Waals surface area contributed by atoms with Crippen LogP contribution in [-0.4, -0.2) is 26.2 Å². The van der Waals surface area contributed by atoms with Crippen LogP contribution in [0.15, 0.2) is 36.4 Å². The fourth-order valence-electron chi connectivity index (χ4n) is 3.32. The van der Waals surface area contributed by atoms with Crippen LogP contribution in [0.2, 0.25) is 0 Å². The maximum atomic E-state index is 4.06. The van der Waals surface area contributed by atoms with Crippen molar-refractivity contribution in [3.63, 3.8) is 0 Å². The summed E-state index contributed by atoms with van der Waals surface area (Å²) in [5.41, 5.74) is 2.19. The molecule has 1 aromatic heterocycles. The van der Waals surface area contributed by atoms with Crippen molar-refractivity contribution in [3.05, 3.63) is 36.4 Å². The van der Waals surface area contributed by atoms with E-state index in [9.17, 15) is 0 Å². The van der Waals surface area contributed by atoms with E-state index < -0.39 is 0 Å². The van der Waals surface area contributed by atoms with Crippen molar-refractivity contribution >= 4 is 5.69 Å². The Balaban J connectivity index is 1.55.